The summed E-state index contributed by atoms with van der Waals surface area (Å²) in [6.45, 7) is 5.41. The minimum Gasteiger partial charge on any atom is -0.334 e. The van der Waals surface area contributed by atoms with Gasteiger partial charge >= 0.3 is 0 Å². The second kappa shape index (κ2) is 5.34. The molecule has 3 N–H and O–H groups in total. The lowest BCUT2D eigenvalue weighted by molar-refractivity contribution is -0.117. The van der Waals surface area contributed by atoms with Gasteiger partial charge in [-0.3, -0.25) is 13.9 Å². The first-order valence-corrected chi connectivity index (χ1v) is 7.75. The van der Waals surface area contributed by atoms with Gasteiger partial charge < -0.3 is 5.32 Å². The van der Waals surface area contributed by atoms with Crippen molar-refractivity contribution in [2.24, 2.45) is 5.41 Å². The van der Waals surface area contributed by atoms with Gasteiger partial charge in [-0.25, -0.2) is 0 Å². The highest BCUT2D eigenvalue weighted by molar-refractivity contribution is 7.87. The lowest BCUT2D eigenvalue weighted by Crippen LogP contribution is -2.52. The molecular formula is C8H15NO7S2. The van der Waals surface area contributed by atoms with Crippen LogP contribution >= 0.6 is 0 Å². The van der Waals surface area contributed by atoms with Crippen molar-refractivity contribution in [1.29, 1.82) is 0 Å². The fraction of sp³-hybridized carbons (Fsp3) is 0.625. The molecule has 0 bridgehead atoms. The van der Waals surface area contributed by atoms with E-state index in [1.54, 1.807) is 0 Å². The average molecular weight is 301 g/mol. The Kier molecular flexibility index (Phi) is 5.06. The summed E-state index contributed by atoms with van der Waals surface area (Å²) in [6.07, 6.45) is 0.766. The molecule has 0 rings (SSSR count). The highest BCUT2D eigenvalue weighted by Gasteiger charge is 2.42. The minimum atomic E-state index is -4.76. The maximum atomic E-state index is 11.1. The fourth-order valence-electron chi connectivity index (χ4n) is 1.41. The van der Waals surface area contributed by atoms with Crippen molar-refractivity contribution in [2.75, 3.05) is 5.75 Å². The first-order chi connectivity index (χ1) is 7.79. The van der Waals surface area contributed by atoms with Crippen LogP contribution in [0, 0.1) is 5.41 Å². The summed E-state index contributed by atoms with van der Waals surface area (Å²) in [7, 11) is -9.24. The number of hydrogen-bond acceptors (Lipinski definition) is 5. The largest absolute Gasteiger partial charge is 0.334 e. The third kappa shape index (κ3) is 5.58. The summed E-state index contributed by atoms with van der Waals surface area (Å²) in [5.41, 5.74) is -1.64. The smallest absolute Gasteiger partial charge is 0.286 e. The molecule has 8 nitrogen and oxygen atoms in total. The molecule has 18 heavy (non-hydrogen) atoms. The molecular weight excluding hydrogens is 286 g/mol. The average Bonchev–Trinajstić information content (AvgIpc) is 2.07. The number of nitrogens with one attached hydrogen (secondary N) is 1. The third-order valence-electron chi connectivity index (χ3n) is 2.02. The van der Waals surface area contributed by atoms with Gasteiger partial charge in [0.1, 0.15) is 0 Å². The maximum absolute atomic E-state index is 11.1. The SMILES string of the molecule is C=CC(=O)NC(C(C)(C)CS(=O)(=O)O)S(=O)(=O)O. The second-order valence-electron chi connectivity index (χ2n) is 4.32. The lowest BCUT2D eigenvalue weighted by atomic mass is 9.96. The van der Waals surface area contributed by atoms with Crippen LogP contribution in [-0.4, -0.2) is 43.0 Å². The van der Waals surface area contributed by atoms with E-state index in [0.717, 1.165) is 19.9 Å². The second-order valence-corrected chi connectivity index (χ2v) is 7.28. The van der Waals surface area contributed by atoms with Gasteiger partial charge in [0.15, 0.2) is 5.37 Å². The number of rotatable bonds is 6. The summed E-state index contributed by atoms with van der Waals surface area (Å²) in [5, 5.41) is 0.00771. The van der Waals surface area contributed by atoms with Crippen molar-refractivity contribution >= 4 is 26.1 Å². The molecule has 0 aromatic rings. The van der Waals surface area contributed by atoms with Crippen LogP contribution in [0.25, 0.3) is 0 Å². The lowest BCUT2D eigenvalue weighted by Gasteiger charge is -2.30. The van der Waals surface area contributed by atoms with Crippen LogP contribution in [0.15, 0.2) is 12.7 Å². The van der Waals surface area contributed by atoms with Crippen LogP contribution in [0.4, 0.5) is 0 Å². The molecule has 0 spiro atoms. The summed E-state index contributed by atoms with van der Waals surface area (Å²) in [6, 6.07) is 0. The Hall–Kier alpha value is -0.970. The number of carbonyl (C=O) groups is 1. The molecule has 0 aromatic carbocycles. The van der Waals surface area contributed by atoms with E-state index < -0.39 is 42.7 Å². The Morgan fingerprint density at radius 3 is 2.06 bits per heavy atom. The summed E-state index contributed by atoms with van der Waals surface area (Å²) >= 11 is 0. The molecule has 106 valence electrons. The Bertz CT molecular complexity index is 532. The monoisotopic (exact) mass is 301 g/mol. The molecule has 1 unspecified atom stereocenters. The highest BCUT2D eigenvalue weighted by Crippen LogP contribution is 2.26. The van der Waals surface area contributed by atoms with E-state index in [1.165, 1.54) is 0 Å². The van der Waals surface area contributed by atoms with E-state index in [1.807, 2.05) is 5.32 Å². The van der Waals surface area contributed by atoms with Crippen molar-refractivity contribution in [3.8, 4) is 0 Å². The zero-order valence-electron chi connectivity index (χ0n) is 9.82. The van der Waals surface area contributed by atoms with Gasteiger partial charge in [0.2, 0.25) is 5.91 Å². The van der Waals surface area contributed by atoms with Gasteiger partial charge in [-0.2, -0.15) is 16.8 Å². The van der Waals surface area contributed by atoms with Crippen LogP contribution in [0.3, 0.4) is 0 Å². The summed E-state index contributed by atoms with van der Waals surface area (Å²) in [5.74, 6) is -1.86. The van der Waals surface area contributed by atoms with Gasteiger partial charge in [-0.1, -0.05) is 20.4 Å². The molecule has 0 heterocycles. The van der Waals surface area contributed by atoms with Crippen LogP contribution in [-0.2, 0) is 25.0 Å². The van der Waals surface area contributed by atoms with Crippen LogP contribution in [0.1, 0.15) is 13.8 Å². The molecule has 10 heteroatoms. The van der Waals surface area contributed by atoms with Gasteiger partial charge in [0.25, 0.3) is 20.2 Å². The molecule has 0 fully saturated rings. The van der Waals surface area contributed by atoms with Gasteiger partial charge in [0, 0.05) is 5.41 Å². The summed E-state index contributed by atoms with van der Waals surface area (Å²) < 4.78 is 61.6. The molecule has 0 radical (unpaired) electrons. The van der Waals surface area contributed by atoms with E-state index in [2.05, 4.69) is 6.58 Å². The van der Waals surface area contributed by atoms with Gasteiger partial charge in [0.05, 0.1) is 5.75 Å². The van der Waals surface area contributed by atoms with Gasteiger partial charge in [-0.15, -0.1) is 0 Å². The summed E-state index contributed by atoms with van der Waals surface area (Å²) in [4.78, 5) is 11.1. The topological polar surface area (TPSA) is 138 Å². The third-order valence-corrected chi connectivity index (χ3v) is 4.48. The van der Waals surface area contributed by atoms with Crippen molar-refractivity contribution < 1.29 is 30.7 Å². The quantitative estimate of drug-likeness (QED) is 0.440. The van der Waals surface area contributed by atoms with Crippen LogP contribution in [0.5, 0.6) is 0 Å². The normalized spacial score (nSPS) is 14.9. The Morgan fingerprint density at radius 2 is 1.78 bits per heavy atom. The highest BCUT2D eigenvalue weighted by atomic mass is 32.2. The first kappa shape index (κ1) is 17.0. The van der Waals surface area contributed by atoms with Crippen molar-refractivity contribution in [3.63, 3.8) is 0 Å². The minimum absolute atomic E-state index is 0.766. The van der Waals surface area contributed by atoms with Crippen molar-refractivity contribution in [3.05, 3.63) is 12.7 Å². The first-order valence-electron chi connectivity index (χ1n) is 4.64. The zero-order chi connectivity index (χ0) is 14.8. The predicted molar refractivity (Wildman–Crippen MR) is 63.9 cm³/mol. The van der Waals surface area contributed by atoms with E-state index in [0.29, 0.717) is 0 Å². The molecule has 0 aliphatic carbocycles. The fourth-order valence-corrected chi connectivity index (χ4v) is 3.77. The molecule has 1 atom stereocenters. The molecule has 0 saturated carbocycles. The predicted octanol–water partition coefficient (Wildman–Crippen LogP) is -0.583. The van der Waals surface area contributed by atoms with E-state index in [4.69, 9.17) is 9.11 Å². The molecule has 0 aliphatic heterocycles. The van der Waals surface area contributed by atoms with Crippen molar-refractivity contribution in [1.82, 2.24) is 5.32 Å². The van der Waals surface area contributed by atoms with E-state index in [-0.39, 0.29) is 0 Å². The molecule has 0 aromatic heterocycles. The van der Waals surface area contributed by atoms with Gasteiger partial charge in [-0.05, 0) is 6.08 Å². The molecule has 1 amide bonds. The zero-order valence-corrected chi connectivity index (χ0v) is 11.5. The number of hydrogen-bond donors (Lipinski definition) is 3. The maximum Gasteiger partial charge on any atom is 0.286 e. The number of carbonyl (C=O) groups excluding carboxylic acids is 1. The Balaban J connectivity index is 5.45. The van der Waals surface area contributed by atoms with Crippen LogP contribution in [0.2, 0.25) is 0 Å². The Labute approximate surface area is 106 Å². The van der Waals surface area contributed by atoms with Crippen molar-refractivity contribution in [2.45, 2.75) is 19.2 Å². The molecule has 0 aliphatic rings. The Morgan fingerprint density at radius 1 is 1.33 bits per heavy atom. The number of amides is 1. The van der Waals surface area contributed by atoms with E-state index in [9.17, 15) is 21.6 Å². The van der Waals surface area contributed by atoms with E-state index >= 15 is 0 Å². The van der Waals surface area contributed by atoms with Crippen LogP contribution < -0.4 is 5.32 Å². The molecule has 0 saturated heterocycles. The standard InChI is InChI=1S/C8H15NO7S2/c1-4-6(10)9-7(18(14,15)16)8(2,3)5-17(11,12)13/h4,7H,1,5H2,2-3H3,(H,9,10)(H,11,12,13)(H,14,15,16).